The third kappa shape index (κ3) is 3.70. The summed E-state index contributed by atoms with van der Waals surface area (Å²) in [5, 5.41) is 9.18. The number of nitrogens with zero attached hydrogens (tertiary/aromatic N) is 1. The maximum absolute atomic E-state index is 11.9. The van der Waals surface area contributed by atoms with Gasteiger partial charge >= 0.3 is 5.97 Å². The molecule has 1 fully saturated rings. The minimum atomic E-state index is -0.902. The molecule has 3 atom stereocenters. The summed E-state index contributed by atoms with van der Waals surface area (Å²) in [6.45, 7) is 4.36. The van der Waals surface area contributed by atoms with Gasteiger partial charge in [0, 0.05) is 19.0 Å². The Labute approximate surface area is 102 Å². The molecule has 3 unspecified atom stereocenters. The van der Waals surface area contributed by atoms with E-state index in [4.69, 9.17) is 5.73 Å². The van der Waals surface area contributed by atoms with E-state index < -0.39 is 12.0 Å². The molecular formula is C12H22N2O3. The summed E-state index contributed by atoms with van der Waals surface area (Å²) in [4.78, 5) is 24.6. The second-order valence-electron chi connectivity index (χ2n) is 4.92. The van der Waals surface area contributed by atoms with Crippen LogP contribution in [0.15, 0.2) is 0 Å². The van der Waals surface area contributed by atoms with E-state index in [0.717, 1.165) is 12.8 Å². The third-order valence-corrected chi connectivity index (χ3v) is 3.39. The largest absolute Gasteiger partial charge is 0.480 e. The summed E-state index contributed by atoms with van der Waals surface area (Å²) < 4.78 is 0. The molecule has 0 radical (unpaired) electrons. The maximum Gasteiger partial charge on any atom is 0.326 e. The lowest BCUT2D eigenvalue weighted by atomic mass is 9.88. The van der Waals surface area contributed by atoms with Crippen molar-refractivity contribution in [3.8, 4) is 0 Å². The van der Waals surface area contributed by atoms with Crippen molar-refractivity contribution in [3.63, 3.8) is 0 Å². The number of hydrogen-bond donors (Lipinski definition) is 2. The summed E-state index contributed by atoms with van der Waals surface area (Å²) in [6.07, 6.45) is 2.65. The van der Waals surface area contributed by atoms with Crippen LogP contribution in [0.3, 0.4) is 0 Å². The zero-order chi connectivity index (χ0) is 13.0. The van der Waals surface area contributed by atoms with Crippen molar-refractivity contribution in [2.75, 3.05) is 6.54 Å². The molecule has 1 heterocycles. The van der Waals surface area contributed by atoms with Gasteiger partial charge in [0.1, 0.15) is 6.04 Å². The number of carbonyl (C=O) groups excluding carboxylic acids is 1. The normalized spacial score (nSPS) is 26.6. The van der Waals surface area contributed by atoms with Crippen LogP contribution < -0.4 is 5.73 Å². The van der Waals surface area contributed by atoms with Crippen LogP contribution in [0.5, 0.6) is 0 Å². The highest BCUT2D eigenvalue weighted by Crippen LogP contribution is 2.26. The van der Waals surface area contributed by atoms with Crippen LogP contribution in [0.1, 0.15) is 39.5 Å². The highest BCUT2D eigenvalue weighted by Gasteiger charge is 2.35. The van der Waals surface area contributed by atoms with E-state index in [2.05, 4.69) is 6.92 Å². The lowest BCUT2D eigenvalue weighted by Crippen LogP contribution is -2.51. The molecule has 1 aliphatic rings. The topological polar surface area (TPSA) is 83.6 Å². The van der Waals surface area contributed by atoms with Crippen molar-refractivity contribution in [1.82, 2.24) is 4.90 Å². The Morgan fingerprint density at radius 1 is 1.53 bits per heavy atom. The van der Waals surface area contributed by atoms with Gasteiger partial charge in [-0.15, -0.1) is 0 Å². The molecule has 1 amide bonds. The Hall–Kier alpha value is -1.10. The SMILES string of the molecule is CCC1CCN(C(=O)CC(C)N)C(C(=O)O)C1. The first kappa shape index (κ1) is 14.0. The quantitative estimate of drug-likeness (QED) is 0.764. The number of hydrogen-bond acceptors (Lipinski definition) is 3. The molecule has 5 heteroatoms. The highest BCUT2D eigenvalue weighted by atomic mass is 16.4. The zero-order valence-corrected chi connectivity index (χ0v) is 10.6. The predicted molar refractivity (Wildman–Crippen MR) is 64.4 cm³/mol. The van der Waals surface area contributed by atoms with E-state index in [9.17, 15) is 14.7 Å². The first-order valence-electron chi connectivity index (χ1n) is 6.23. The molecule has 1 rings (SSSR count). The van der Waals surface area contributed by atoms with Crippen molar-refractivity contribution < 1.29 is 14.7 Å². The number of carboxylic acid groups (broad SMARTS) is 1. The molecule has 0 aromatic carbocycles. The van der Waals surface area contributed by atoms with E-state index in [1.807, 2.05) is 0 Å². The van der Waals surface area contributed by atoms with Crippen molar-refractivity contribution in [3.05, 3.63) is 0 Å². The van der Waals surface area contributed by atoms with Gasteiger partial charge in [0.2, 0.25) is 5.91 Å². The minimum Gasteiger partial charge on any atom is -0.480 e. The maximum atomic E-state index is 11.9. The molecule has 0 aliphatic carbocycles. The van der Waals surface area contributed by atoms with E-state index >= 15 is 0 Å². The van der Waals surface area contributed by atoms with Crippen LogP contribution in [-0.4, -0.2) is 40.5 Å². The average molecular weight is 242 g/mol. The fraction of sp³-hybridized carbons (Fsp3) is 0.833. The Balaban J connectivity index is 2.69. The van der Waals surface area contributed by atoms with Gasteiger partial charge in [0.05, 0.1) is 0 Å². The molecule has 0 saturated carbocycles. The first-order chi connectivity index (χ1) is 7.95. The molecule has 17 heavy (non-hydrogen) atoms. The molecule has 5 nitrogen and oxygen atoms in total. The van der Waals surface area contributed by atoms with E-state index in [1.54, 1.807) is 6.92 Å². The molecule has 0 aromatic rings. The van der Waals surface area contributed by atoms with Crippen molar-refractivity contribution in [2.24, 2.45) is 11.7 Å². The van der Waals surface area contributed by atoms with Gasteiger partial charge in [-0.1, -0.05) is 13.3 Å². The van der Waals surface area contributed by atoms with Gasteiger partial charge in [-0.25, -0.2) is 4.79 Å². The molecule has 1 saturated heterocycles. The second kappa shape index (κ2) is 6.00. The third-order valence-electron chi connectivity index (χ3n) is 3.39. The Kier molecular flexibility index (Phi) is 4.93. The van der Waals surface area contributed by atoms with Gasteiger partial charge < -0.3 is 15.7 Å². The van der Waals surface area contributed by atoms with Gasteiger partial charge in [0.25, 0.3) is 0 Å². The van der Waals surface area contributed by atoms with Crippen LogP contribution >= 0.6 is 0 Å². The van der Waals surface area contributed by atoms with Gasteiger partial charge in [-0.05, 0) is 25.7 Å². The molecule has 3 N–H and O–H groups in total. The van der Waals surface area contributed by atoms with Crippen LogP contribution in [0.4, 0.5) is 0 Å². The molecule has 0 spiro atoms. The summed E-state index contributed by atoms with van der Waals surface area (Å²) in [6, 6.07) is -0.888. The first-order valence-corrected chi connectivity index (χ1v) is 6.23. The van der Waals surface area contributed by atoms with Gasteiger partial charge in [0.15, 0.2) is 0 Å². The number of carboxylic acids is 1. The molecule has 0 aromatic heterocycles. The Bertz CT molecular complexity index is 291. The van der Waals surface area contributed by atoms with Crippen LogP contribution in [0.2, 0.25) is 0 Å². The Morgan fingerprint density at radius 3 is 2.65 bits per heavy atom. The zero-order valence-electron chi connectivity index (χ0n) is 10.6. The molecule has 0 bridgehead atoms. The predicted octanol–water partition coefficient (Wildman–Crippen LogP) is 0.826. The summed E-state index contributed by atoms with van der Waals surface area (Å²) in [5.74, 6) is -0.626. The number of carbonyl (C=O) groups is 2. The Morgan fingerprint density at radius 2 is 2.18 bits per heavy atom. The summed E-state index contributed by atoms with van der Waals surface area (Å²) >= 11 is 0. The van der Waals surface area contributed by atoms with E-state index in [-0.39, 0.29) is 18.4 Å². The molecule has 1 aliphatic heterocycles. The van der Waals surface area contributed by atoms with Crippen LogP contribution in [0.25, 0.3) is 0 Å². The van der Waals surface area contributed by atoms with Crippen LogP contribution in [0, 0.1) is 5.92 Å². The fourth-order valence-corrected chi connectivity index (χ4v) is 2.33. The monoisotopic (exact) mass is 242 g/mol. The fourth-order valence-electron chi connectivity index (χ4n) is 2.33. The molecule has 98 valence electrons. The van der Waals surface area contributed by atoms with E-state index in [1.165, 1.54) is 4.90 Å². The van der Waals surface area contributed by atoms with Gasteiger partial charge in [-0.3, -0.25) is 4.79 Å². The van der Waals surface area contributed by atoms with E-state index in [0.29, 0.717) is 18.9 Å². The molecular weight excluding hydrogens is 220 g/mol. The lowest BCUT2D eigenvalue weighted by molar-refractivity contribution is -0.153. The van der Waals surface area contributed by atoms with Crippen molar-refractivity contribution in [2.45, 2.75) is 51.6 Å². The number of piperidine rings is 1. The summed E-state index contributed by atoms with van der Waals surface area (Å²) in [5.41, 5.74) is 5.58. The van der Waals surface area contributed by atoms with Crippen LogP contribution in [-0.2, 0) is 9.59 Å². The number of likely N-dealkylation sites (tertiary alicyclic amines) is 1. The van der Waals surface area contributed by atoms with Crippen molar-refractivity contribution in [1.29, 1.82) is 0 Å². The number of aliphatic carboxylic acids is 1. The standard InChI is InChI=1S/C12H22N2O3/c1-3-9-4-5-14(10(7-9)12(16)17)11(15)6-8(2)13/h8-10H,3-7,13H2,1-2H3,(H,16,17). The lowest BCUT2D eigenvalue weighted by Gasteiger charge is -2.37. The van der Waals surface area contributed by atoms with Crippen molar-refractivity contribution >= 4 is 11.9 Å². The number of amides is 1. The average Bonchev–Trinajstić information content (AvgIpc) is 2.27. The smallest absolute Gasteiger partial charge is 0.326 e. The minimum absolute atomic E-state index is 0.137. The second-order valence-corrected chi connectivity index (χ2v) is 4.92. The highest BCUT2D eigenvalue weighted by molar-refractivity contribution is 5.84. The van der Waals surface area contributed by atoms with Gasteiger partial charge in [-0.2, -0.15) is 0 Å². The number of rotatable bonds is 4. The number of nitrogens with two attached hydrogens (primary N) is 1. The summed E-state index contributed by atoms with van der Waals surface area (Å²) in [7, 11) is 0.